The van der Waals surface area contributed by atoms with Crippen molar-refractivity contribution in [2.45, 2.75) is 44.8 Å². The van der Waals surface area contributed by atoms with E-state index in [4.69, 9.17) is 9.47 Å². The molecule has 1 aromatic rings. The van der Waals surface area contributed by atoms with Crippen LogP contribution >= 0.6 is 0 Å². The Kier molecular flexibility index (Phi) is 5.34. The molecule has 0 aliphatic carbocycles. The Morgan fingerprint density at radius 3 is 2.56 bits per heavy atom. The molecule has 3 aliphatic heterocycles. The first-order valence-electron chi connectivity index (χ1n) is 10.0. The van der Waals surface area contributed by atoms with Crippen molar-refractivity contribution in [3.05, 3.63) is 29.3 Å². The lowest BCUT2D eigenvalue weighted by atomic mass is 9.92. The predicted molar refractivity (Wildman–Crippen MR) is 100 cm³/mol. The second-order valence-electron chi connectivity index (χ2n) is 7.75. The zero-order valence-corrected chi connectivity index (χ0v) is 16.0. The summed E-state index contributed by atoms with van der Waals surface area (Å²) in [5, 5.41) is 0. The summed E-state index contributed by atoms with van der Waals surface area (Å²) >= 11 is 0. The molecule has 4 rings (SSSR count). The van der Waals surface area contributed by atoms with Crippen LogP contribution < -0.4 is 4.74 Å². The van der Waals surface area contributed by atoms with Crippen molar-refractivity contribution in [2.75, 3.05) is 33.4 Å². The normalized spacial score (nSPS) is 23.2. The van der Waals surface area contributed by atoms with Gasteiger partial charge in [-0.2, -0.15) is 0 Å². The molecule has 6 nitrogen and oxygen atoms in total. The third-order valence-electron chi connectivity index (χ3n) is 6.10. The Labute approximate surface area is 160 Å². The first-order valence-corrected chi connectivity index (χ1v) is 10.0. The molecule has 3 heterocycles. The lowest BCUT2D eigenvalue weighted by Crippen LogP contribution is -2.47. The molecule has 0 unspecified atom stereocenters. The Bertz CT molecular complexity index is 706. The monoisotopic (exact) mass is 372 g/mol. The van der Waals surface area contributed by atoms with Crippen LogP contribution in [0.25, 0.3) is 0 Å². The molecule has 2 amide bonds. The van der Waals surface area contributed by atoms with Crippen LogP contribution in [0.3, 0.4) is 0 Å². The number of hydrogen-bond donors (Lipinski definition) is 0. The van der Waals surface area contributed by atoms with E-state index in [2.05, 4.69) is 12.1 Å². The van der Waals surface area contributed by atoms with Gasteiger partial charge in [-0.05, 0) is 55.4 Å². The predicted octanol–water partition coefficient (Wildman–Crippen LogP) is 2.00. The van der Waals surface area contributed by atoms with Gasteiger partial charge in [-0.15, -0.1) is 0 Å². The number of benzene rings is 1. The van der Waals surface area contributed by atoms with E-state index in [0.717, 1.165) is 44.4 Å². The van der Waals surface area contributed by atoms with E-state index in [1.54, 1.807) is 7.11 Å². The SMILES string of the molecule is COc1ccc2c(c1)CCN(C(=O)C1CCN(C(=O)[C@@H]3CCCO3)CC1)C2. The number of rotatable bonds is 3. The van der Waals surface area contributed by atoms with E-state index >= 15 is 0 Å². The topological polar surface area (TPSA) is 59.1 Å². The molecular formula is C21H28N2O4. The molecule has 6 heteroatoms. The van der Waals surface area contributed by atoms with Gasteiger partial charge < -0.3 is 19.3 Å². The van der Waals surface area contributed by atoms with Gasteiger partial charge in [-0.3, -0.25) is 9.59 Å². The van der Waals surface area contributed by atoms with Gasteiger partial charge in [0, 0.05) is 38.7 Å². The summed E-state index contributed by atoms with van der Waals surface area (Å²) in [6.45, 7) is 3.45. The first-order chi connectivity index (χ1) is 13.2. The summed E-state index contributed by atoms with van der Waals surface area (Å²) in [7, 11) is 1.68. The minimum absolute atomic E-state index is 0.0262. The van der Waals surface area contributed by atoms with Gasteiger partial charge >= 0.3 is 0 Å². The smallest absolute Gasteiger partial charge is 0.251 e. The highest BCUT2D eigenvalue weighted by Crippen LogP contribution is 2.27. The minimum Gasteiger partial charge on any atom is -0.497 e. The first kappa shape index (κ1) is 18.3. The van der Waals surface area contributed by atoms with E-state index in [-0.39, 0.29) is 23.8 Å². The van der Waals surface area contributed by atoms with Gasteiger partial charge in [-0.25, -0.2) is 0 Å². The van der Waals surface area contributed by atoms with Crippen molar-refractivity contribution in [3.8, 4) is 5.75 Å². The number of methoxy groups -OCH3 is 1. The summed E-state index contributed by atoms with van der Waals surface area (Å²) in [5.74, 6) is 1.25. The number of likely N-dealkylation sites (tertiary alicyclic amines) is 1. The summed E-state index contributed by atoms with van der Waals surface area (Å²) in [6.07, 6.45) is 3.91. The Hall–Kier alpha value is -2.08. The van der Waals surface area contributed by atoms with E-state index in [1.807, 2.05) is 15.9 Å². The number of piperidine rings is 1. The lowest BCUT2D eigenvalue weighted by Gasteiger charge is -2.36. The van der Waals surface area contributed by atoms with Crippen LogP contribution in [0, 0.1) is 5.92 Å². The molecule has 2 fully saturated rings. The third kappa shape index (κ3) is 3.81. The number of hydrogen-bond acceptors (Lipinski definition) is 4. The highest BCUT2D eigenvalue weighted by atomic mass is 16.5. The highest BCUT2D eigenvalue weighted by molar-refractivity contribution is 5.82. The van der Waals surface area contributed by atoms with Crippen molar-refractivity contribution >= 4 is 11.8 Å². The fourth-order valence-corrected chi connectivity index (χ4v) is 4.43. The molecule has 146 valence electrons. The van der Waals surface area contributed by atoms with Crippen molar-refractivity contribution in [1.82, 2.24) is 9.80 Å². The van der Waals surface area contributed by atoms with Crippen LogP contribution in [0.4, 0.5) is 0 Å². The lowest BCUT2D eigenvalue weighted by molar-refractivity contribution is -0.146. The van der Waals surface area contributed by atoms with E-state index < -0.39 is 0 Å². The highest BCUT2D eigenvalue weighted by Gasteiger charge is 2.34. The van der Waals surface area contributed by atoms with Crippen molar-refractivity contribution in [1.29, 1.82) is 0 Å². The van der Waals surface area contributed by atoms with Gasteiger partial charge in [0.25, 0.3) is 5.91 Å². The van der Waals surface area contributed by atoms with Gasteiger partial charge in [-0.1, -0.05) is 6.07 Å². The molecule has 0 saturated carbocycles. The molecule has 27 heavy (non-hydrogen) atoms. The maximum absolute atomic E-state index is 13.0. The van der Waals surface area contributed by atoms with E-state index in [9.17, 15) is 9.59 Å². The number of nitrogens with zero attached hydrogens (tertiary/aromatic N) is 2. The van der Waals surface area contributed by atoms with Crippen LogP contribution in [0.15, 0.2) is 18.2 Å². The summed E-state index contributed by atoms with van der Waals surface area (Å²) in [6, 6.07) is 6.10. The fourth-order valence-electron chi connectivity index (χ4n) is 4.43. The van der Waals surface area contributed by atoms with E-state index in [0.29, 0.717) is 26.2 Å². The average molecular weight is 372 g/mol. The second kappa shape index (κ2) is 7.89. The molecule has 1 aromatic carbocycles. The van der Waals surface area contributed by atoms with Crippen LogP contribution in [0.5, 0.6) is 5.75 Å². The molecule has 1 atom stereocenters. The van der Waals surface area contributed by atoms with Crippen LogP contribution in [0.1, 0.15) is 36.8 Å². The van der Waals surface area contributed by atoms with Crippen LogP contribution in [0.2, 0.25) is 0 Å². The summed E-state index contributed by atoms with van der Waals surface area (Å²) in [4.78, 5) is 29.3. The van der Waals surface area contributed by atoms with Crippen molar-refractivity contribution in [2.24, 2.45) is 5.92 Å². The summed E-state index contributed by atoms with van der Waals surface area (Å²) in [5.41, 5.74) is 2.48. The molecule has 2 saturated heterocycles. The standard InChI is InChI=1S/C21H28N2O4/c1-26-18-5-4-17-14-23(11-8-16(17)13-18)20(24)15-6-9-22(10-7-15)21(25)19-3-2-12-27-19/h4-5,13,15,19H,2-3,6-12,14H2,1H3/t19-/m0/s1. The molecule has 0 aromatic heterocycles. The van der Waals surface area contributed by atoms with Crippen molar-refractivity contribution in [3.63, 3.8) is 0 Å². The zero-order chi connectivity index (χ0) is 18.8. The zero-order valence-electron chi connectivity index (χ0n) is 16.0. The Morgan fingerprint density at radius 2 is 1.85 bits per heavy atom. The van der Waals surface area contributed by atoms with Gasteiger partial charge in [0.15, 0.2) is 0 Å². The van der Waals surface area contributed by atoms with Gasteiger partial charge in [0.2, 0.25) is 5.91 Å². The Morgan fingerprint density at radius 1 is 1.04 bits per heavy atom. The minimum atomic E-state index is -0.257. The molecule has 0 radical (unpaired) electrons. The number of fused-ring (bicyclic) bond motifs is 1. The summed E-state index contributed by atoms with van der Waals surface area (Å²) < 4.78 is 10.8. The number of ether oxygens (including phenoxy) is 2. The largest absolute Gasteiger partial charge is 0.497 e. The fraction of sp³-hybridized carbons (Fsp3) is 0.619. The molecule has 0 bridgehead atoms. The number of carbonyl (C=O) groups is 2. The second-order valence-corrected chi connectivity index (χ2v) is 7.75. The van der Waals surface area contributed by atoms with E-state index in [1.165, 1.54) is 11.1 Å². The maximum atomic E-state index is 13.0. The number of carbonyl (C=O) groups excluding carboxylic acids is 2. The Balaban J connectivity index is 1.32. The van der Waals surface area contributed by atoms with Gasteiger partial charge in [0.05, 0.1) is 7.11 Å². The quantitative estimate of drug-likeness (QED) is 0.814. The van der Waals surface area contributed by atoms with Crippen LogP contribution in [-0.4, -0.2) is 61.1 Å². The maximum Gasteiger partial charge on any atom is 0.251 e. The van der Waals surface area contributed by atoms with Crippen LogP contribution in [-0.2, 0) is 27.3 Å². The number of amides is 2. The average Bonchev–Trinajstić information content (AvgIpc) is 3.27. The van der Waals surface area contributed by atoms with Gasteiger partial charge in [0.1, 0.15) is 11.9 Å². The molecule has 0 spiro atoms. The third-order valence-corrected chi connectivity index (χ3v) is 6.10. The molecule has 3 aliphatic rings. The molecular weight excluding hydrogens is 344 g/mol. The van der Waals surface area contributed by atoms with Crippen molar-refractivity contribution < 1.29 is 19.1 Å². The molecule has 0 N–H and O–H groups in total.